The van der Waals surface area contributed by atoms with Crippen LogP contribution in [0.2, 0.25) is 0 Å². The number of nitrogens with zero attached hydrogens (tertiary/aromatic N) is 5. The number of aryl methyl sites for hydroxylation is 3. The highest BCUT2D eigenvalue weighted by molar-refractivity contribution is 7.98. The van der Waals surface area contributed by atoms with Crippen LogP contribution in [-0.4, -0.2) is 31.0 Å². The van der Waals surface area contributed by atoms with E-state index < -0.39 is 0 Å². The Kier molecular flexibility index (Phi) is 2.91. The lowest BCUT2D eigenvalue weighted by molar-refractivity contribution is 0.769. The summed E-state index contributed by atoms with van der Waals surface area (Å²) >= 11 is 1.52. The van der Waals surface area contributed by atoms with Crippen LogP contribution in [0.3, 0.4) is 0 Å². The fourth-order valence-corrected chi connectivity index (χ4v) is 1.88. The summed E-state index contributed by atoms with van der Waals surface area (Å²) in [6.07, 6.45) is 1.96. The van der Waals surface area contributed by atoms with E-state index in [9.17, 15) is 0 Å². The average molecular weight is 235 g/mol. The monoisotopic (exact) mass is 235 g/mol. The average Bonchev–Trinajstić information content (AvgIpc) is 2.57. The van der Waals surface area contributed by atoms with Crippen molar-refractivity contribution in [2.24, 2.45) is 0 Å². The smallest absolute Gasteiger partial charge is 0.189 e. The van der Waals surface area contributed by atoms with E-state index in [1.54, 1.807) is 4.68 Å². The number of thioether (sulfide) groups is 1. The number of aromatic nitrogens is 5. The minimum Gasteiger partial charge on any atom is -0.228 e. The van der Waals surface area contributed by atoms with Gasteiger partial charge in [0.05, 0.1) is 0 Å². The quantitative estimate of drug-likeness (QED) is 0.586. The van der Waals surface area contributed by atoms with Crippen LogP contribution < -0.4 is 0 Å². The van der Waals surface area contributed by atoms with E-state index in [-0.39, 0.29) is 0 Å². The van der Waals surface area contributed by atoms with E-state index in [1.165, 1.54) is 11.8 Å². The van der Waals surface area contributed by atoms with Gasteiger partial charge in [0.25, 0.3) is 0 Å². The zero-order valence-electron chi connectivity index (χ0n) is 9.72. The lowest BCUT2D eigenvalue weighted by atomic mass is 10.4. The molecule has 0 aliphatic rings. The van der Waals surface area contributed by atoms with Gasteiger partial charge in [-0.05, 0) is 27.0 Å². The van der Waals surface area contributed by atoms with Crippen molar-refractivity contribution < 1.29 is 0 Å². The first-order chi connectivity index (χ1) is 7.60. The number of hydrogen-bond acceptors (Lipinski definition) is 5. The molecule has 6 heteroatoms. The van der Waals surface area contributed by atoms with Gasteiger partial charge in [0.15, 0.2) is 11.0 Å². The molecule has 0 aliphatic heterocycles. The minimum atomic E-state index is 0.750. The third-order valence-electron chi connectivity index (χ3n) is 2.09. The molecule has 0 fully saturated rings. The largest absolute Gasteiger partial charge is 0.228 e. The van der Waals surface area contributed by atoms with E-state index in [1.807, 2.05) is 33.1 Å². The van der Waals surface area contributed by atoms with Crippen molar-refractivity contribution in [1.82, 2.24) is 24.7 Å². The molecule has 0 aliphatic carbocycles. The molecule has 0 N–H and O–H groups in total. The zero-order chi connectivity index (χ0) is 11.7. The highest BCUT2D eigenvalue weighted by atomic mass is 32.2. The molecule has 0 unspecified atom stereocenters. The van der Waals surface area contributed by atoms with E-state index in [0.29, 0.717) is 0 Å². The van der Waals surface area contributed by atoms with Gasteiger partial charge in [-0.25, -0.2) is 15.0 Å². The maximum Gasteiger partial charge on any atom is 0.189 e. The van der Waals surface area contributed by atoms with E-state index >= 15 is 0 Å². The zero-order valence-corrected chi connectivity index (χ0v) is 10.5. The number of hydrogen-bond donors (Lipinski definition) is 0. The Morgan fingerprint density at radius 1 is 1.12 bits per heavy atom. The number of rotatable bonds is 2. The van der Waals surface area contributed by atoms with Crippen LogP contribution >= 0.6 is 11.8 Å². The highest BCUT2D eigenvalue weighted by Gasteiger charge is 2.08. The summed E-state index contributed by atoms with van der Waals surface area (Å²) in [5.74, 6) is 2.36. The first-order valence-corrected chi connectivity index (χ1v) is 6.13. The van der Waals surface area contributed by atoms with Crippen LogP contribution in [0.4, 0.5) is 0 Å². The molecule has 0 radical (unpaired) electrons. The molecule has 2 rings (SSSR count). The van der Waals surface area contributed by atoms with Gasteiger partial charge in [0, 0.05) is 11.8 Å². The molecule has 2 heterocycles. The normalized spacial score (nSPS) is 10.8. The second kappa shape index (κ2) is 4.21. The van der Waals surface area contributed by atoms with Crippen molar-refractivity contribution in [2.75, 3.05) is 6.26 Å². The molecule has 16 heavy (non-hydrogen) atoms. The van der Waals surface area contributed by atoms with Crippen molar-refractivity contribution in [1.29, 1.82) is 0 Å². The van der Waals surface area contributed by atoms with Crippen LogP contribution in [0.1, 0.15) is 17.3 Å². The second-order valence-electron chi connectivity index (χ2n) is 3.47. The SMILES string of the molecule is CSc1nc(C)cc(-n2nc(C)nc2C)n1. The predicted octanol–water partition coefficient (Wildman–Crippen LogP) is 1.70. The van der Waals surface area contributed by atoms with E-state index in [2.05, 4.69) is 20.1 Å². The van der Waals surface area contributed by atoms with Crippen molar-refractivity contribution >= 4 is 11.8 Å². The Morgan fingerprint density at radius 2 is 1.88 bits per heavy atom. The third kappa shape index (κ3) is 2.06. The molecule has 2 aromatic rings. The molecular formula is C10H13N5S. The molecule has 0 aromatic carbocycles. The second-order valence-corrected chi connectivity index (χ2v) is 4.25. The summed E-state index contributed by atoms with van der Waals surface area (Å²) in [4.78, 5) is 13.0. The molecule has 0 atom stereocenters. The van der Waals surface area contributed by atoms with Crippen molar-refractivity contribution in [3.8, 4) is 5.82 Å². The first-order valence-electron chi connectivity index (χ1n) is 4.90. The lowest BCUT2D eigenvalue weighted by Crippen LogP contribution is -2.04. The first kappa shape index (κ1) is 11.1. The Bertz CT molecular complexity index is 520. The molecular weight excluding hydrogens is 222 g/mol. The van der Waals surface area contributed by atoms with Gasteiger partial charge in [0.2, 0.25) is 0 Å². The summed E-state index contributed by atoms with van der Waals surface area (Å²) < 4.78 is 1.74. The summed E-state index contributed by atoms with van der Waals surface area (Å²) in [7, 11) is 0. The summed E-state index contributed by atoms with van der Waals surface area (Å²) in [6.45, 7) is 5.73. The van der Waals surface area contributed by atoms with Crippen molar-refractivity contribution in [3.05, 3.63) is 23.4 Å². The van der Waals surface area contributed by atoms with Crippen LogP contribution in [0.5, 0.6) is 0 Å². The Hall–Kier alpha value is -1.43. The van der Waals surface area contributed by atoms with Gasteiger partial charge in [0.1, 0.15) is 11.6 Å². The predicted molar refractivity (Wildman–Crippen MR) is 62.9 cm³/mol. The van der Waals surface area contributed by atoms with Crippen molar-refractivity contribution in [3.63, 3.8) is 0 Å². The van der Waals surface area contributed by atoms with Gasteiger partial charge < -0.3 is 0 Å². The van der Waals surface area contributed by atoms with E-state index in [4.69, 9.17) is 0 Å². The van der Waals surface area contributed by atoms with Crippen LogP contribution in [-0.2, 0) is 0 Å². The Morgan fingerprint density at radius 3 is 2.44 bits per heavy atom. The topological polar surface area (TPSA) is 56.5 Å². The summed E-state index contributed by atoms with van der Waals surface area (Å²) in [5.41, 5.74) is 0.932. The van der Waals surface area contributed by atoms with E-state index in [0.717, 1.165) is 28.3 Å². The maximum absolute atomic E-state index is 4.41. The maximum atomic E-state index is 4.41. The van der Waals surface area contributed by atoms with Gasteiger partial charge in [-0.1, -0.05) is 11.8 Å². The molecule has 84 valence electrons. The van der Waals surface area contributed by atoms with Crippen molar-refractivity contribution in [2.45, 2.75) is 25.9 Å². The molecule has 0 bridgehead atoms. The minimum absolute atomic E-state index is 0.750. The molecule has 0 saturated carbocycles. The van der Waals surface area contributed by atoms with Gasteiger partial charge in [-0.15, -0.1) is 5.10 Å². The van der Waals surface area contributed by atoms with Gasteiger partial charge in [-0.2, -0.15) is 4.68 Å². The van der Waals surface area contributed by atoms with Crippen LogP contribution in [0.25, 0.3) is 5.82 Å². The summed E-state index contributed by atoms with van der Waals surface area (Å²) in [5, 5.41) is 5.06. The molecule has 2 aromatic heterocycles. The lowest BCUT2D eigenvalue weighted by Gasteiger charge is -2.04. The molecule has 0 saturated heterocycles. The Labute approximate surface area is 98.3 Å². The standard InChI is InChI=1S/C10H13N5S/c1-6-5-9(13-10(11-6)16-4)15-8(3)12-7(2)14-15/h5H,1-4H3. The van der Waals surface area contributed by atoms with Crippen LogP contribution in [0.15, 0.2) is 11.2 Å². The highest BCUT2D eigenvalue weighted by Crippen LogP contribution is 2.14. The fourth-order valence-electron chi connectivity index (χ4n) is 1.46. The van der Waals surface area contributed by atoms with Gasteiger partial charge >= 0.3 is 0 Å². The summed E-state index contributed by atoms with van der Waals surface area (Å²) in [6, 6.07) is 1.90. The van der Waals surface area contributed by atoms with Crippen LogP contribution in [0, 0.1) is 20.8 Å². The molecule has 0 spiro atoms. The third-order valence-corrected chi connectivity index (χ3v) is 2.64. The van der Waals surface area contributed by atoms with Gasteiger partial charge in [-0.3, -0.25) is 0 Å². The Balaban J connectivity index is 2.55. The fraction of sp³-hybridized carbons (Fsp3) is 0.400. The molecule has 0 amide bonds. The molecule has 5 nitrogen and oxygen atoms in total.